The van der Waals surface area contributed by atoms with E-state index in [0.29, 0.717) is 45.9 Å². The average Bonchev–Trinajstić information content (AvgIpc) is 3.59. The van der Waals surface area contributed by atoms with Crippen LogP contribution < -0.4 is 20.1 Å². The van der Waals surface area contributed by atoms with Gasteiger partial charge >= 0.3 is 0 Å². The number of amides is 3. The smallest absolute Gasteiger partial charge is 0.259 e. The SMILES string of the molecule is CC[C@@H](SC1=Nc2ccccc2C2=N[C@H](CC(=O)NCc3ccc4c(c3)OCO4)C(=O)N12)C(=O)Nc1cccc(C)c1. The minimum atomic E-state index is -0.907. The number of hydrogen-bond acceptors (Lipinski definition) is 8. The van der Waals surface area contributed by atoms with Crippen molar-refractivity contribution >= 4 is 51.9 Å². The molecule has 10 nitrogen and oxygen atoms in total. The first-order valence-corrected chi connectivity index (χ1v) is 14.6. The van der Waals surface area contributed by atoms with Gasteiger partial charge in [0.2, 0.25) is 18.6 Å². The second-order valence-electron chi connectivity index (χ2n) is 10.1. The van der Waals surface area contributed by atoms with Gasteiger partial charge in [0.25, 0.3) is 5.91 Å². The number of para-hydroxylation sites is 1. The number of carbonyl (C=O) groups excluding carboxylic acids is 3. The Hall–Kier alpha value is -4.64. The standard InChI is InChI=1S/C31H29N5O5S/c1-3-26(29(38)33-20-8-6-7-18(2)13-20)42-31-35-22-10-5-4-9-21(22)28-34-23(30(39)36(28)31)15-27(37)32-16-19-11-12-24-25(14-19)41-17-40-24/h4-14,23,26H,3,15-17H2,1-2H3,(H,32,37)(H,33,38)/t23-,26-/m1/s1. The quantitative estimate of drug-likeness (QED) is 0.402. The van der Waals surface area contributed by atoms with Gasteiger partial charge in [-0.1, -0.05) is 49.0 Å². The van der Waals surface area contributed by atoms with E-state index in [9.17, 15) is 14.4 Å². The fourth-order valence-electron chi connectivity index (χ4n) is 4.91. The summed E-state index contributed by atoms with van der Waals surface area (Å²) in [7, 11) is 0. The minimum Gasteiger partial charge on any atom is -0.454 e. The molecule has 3 aliphatic rings. The number of nitrogens with one attached hydrogen (secondary N) is 2. The van der Waals surface area contributed by atoms with Gasteiger partial charge in [0.05, 0.1) is 17.4 Å². The van der Waals surface area contributed by atoms with E-state index in [1.54, 1.807) is 6.07 Å². The number of carbonyl (C=O) groups is 3. The van der Waals surface area contributed by atoms with Crippen LogP contribution in [0.15, 0.2) is 76.7 Å². The van der Waals surface area contributed by atoms with Gasteiger partial charge < -0.3 is 20.1 Å². The third-order valence-corrected chi connectivity index (χ3v) is 8.37. The molecule has 0 radical (unpaired) electrons. The first kappa shape index (κ1) is 27.5. The Kier molecular flexibility index (Phi) is 7.66. The zero-order chi connectivity index (χ0) is 29.2. The topological polar surface area (TPSA) is 122 Å². The second-order valence-corrected chi connectivity index (χ2v) is 11.3. The molecule has 3 heterocycles. The number of nitrogens with zero attached hydrogens (tertiary/aromatic N) is 3. The molecule has 2 N–H and O–H groups in total. The van der Waals surface area contributed by atoms with Crippen LogP contribution in [0.25, 0.3) is 0 Å². The Labute approximate surface area is 247 Å². The van der Waals surface area contributed by atoms with Crippen molar-refractivity contribution in [3.8, 4) is 11.5 Å². The fourth-order valence-corrected chi connectivity index (χ4v) is 5.93. The minimum absolute atomic E-state index is 0.117. The number of aryl methyl sites for hydroxylation is 1. The number of aliphatic imine (C=N–C) groups is 2. The first-order valence-electron chi connectivity index (χ1n) is 13.7. The summed E-state index contributed by atoms with van der Waals surface area (Å²) in [4.78, 5) is 50.7. The molecule has 0 spiro atoms. The lowest BCUT2D eigenvalue weighted by molar-refractivity contribution is -0.128. The maximum absolute atomic E-state index is 13.7. The molecule has 2 atom stereocenters. The van der Waals surface area contributed by atoms with Crippen molar-refractivity contribution in [2.75, 3.05) is 12.1 Å². The Balaban J connectivity index is 1.17. The van der Waals surface area contributed by atoms with Crippen LogP contribution in [0.4, 0.5) is 11.4 Å². The molecule has 214 valence electrons. The molecule has 42 heavy (non-hydrogen) atoms. The van der Waals surface area contributed by atoms with Gasteiger partial charge in [0.1, 0.15) is 11.9 Å². The van der Waals surface area contributed by atoms with Crippen LogP contribution in [0, 0.1) is 6.92 Å². The number of amidine groups is 2. The predicted molar refractivity (Wildman–Crippen MR) is 161 cm³/mol. The number of thioether (sulfide) groups is 1. The molecule has 0 saturated heterocycles. The monoisotopic (exact) mass is 583 g/mol. The van der Waals surface area contributed by atoms with Crippen LogP contribution in [-0.4, -0.2) is 51.7 Å². The number of ether oxygens (including phenoxy) is 2. The maximum Gasteiger partial charge on any atom is 0.259 e. The van der Waals surface area contributed by atoms with Crippen LogP contribution in [0.3, 0.4) is 0 Å². The van der Waals surface area contributed by atoms with Gasteiger partial charge in [0, 0.05) is 17.8 Å². The van der Waals surface area contributed by atoms with E-state index >= 15 is 0 Å². The highest BCUT2D eigenvalue weighted by Crippen LogP contribution is 2.36. The van der Waals surface area contributed by atoms with Crippen LogP contribution in [-0.2, 0) is 20.9 Å². The lowest BCUT2D eigenvalue weighted by Crippen LogP contribution is -2.43. The Bertz CT molecular complexity index is 1640. The van der Waals surface area contributed by atoms with E-state index < -0.39 is 11.3 Å². The molecule has 6 rings (SSSR count). The molecule has 0 aliphatic carbocycles. The van der Waals surface area contributed by atoms with Crippen molar-refractivity contribution in [3.05, 3.63) is 83.4 Å². The predicted octanol–water partition coefficient (Wildman–Crippen LogP) is 4.54. The highest BCUT2D eigenvalue weighted by molar-refractivity contribution is 8.15. The summed E-state index contributed by atoms with van der Waals surface area (Å²) in [6, 6.07) is 19.6. The number of benzene rings is 3. The van der Waals surface area contributed by atoms with Gasteiger partial charge in [-0.2, -0.15) is 0 Å². The summed E-state index contributed by atoms with van der Waals surface area (Å²) in [6.45, 7) is 4.33. The van der Waals surface area contributed by atoms with Gasteiger partial charge in [-0.25, -0.2) is 9.89 Å². The number of hydrogen-bond donors (Lipinski definition) is 2. The Morgan fingerprint density at radius 3 is 2.74 bits per heavy atom. The van der Waals surface area contributed by atoms with Crippen molar-refractivity contribution in [2.45, 2.75) is 44.5 Å². The van der Waals surface area contributed by atoms with Crippen molar-refractivity contribution in [2.24, 2.45) is 9.98 Å². The van der Waals surface area contributed by atoms with Gasteiger partial charge in [-0.15, -0.1) is 0 Å². The first-order chi connectivity index (χ1) is 20.4. The lowest BCUT2D eigenvalue weighted by atomic mass is 10.1. The van der Waals surface area contributed by atoms with Crippen LogP contribution in [0.5, 0.6) is 11.5 Å². The van der Waals surface area contributed by atoms with Crippen molar-refractivity contribution < 1.29 is 23.9 Å². The number of fused-ring (bicyclic) bond motifs is 4. The third kappa shape index (κ3) is 5.60. The molecule has 0 saturated carbocycles. The molecule has 0 aromatic heterocycles. The van der Waals surface area contributed by atoms with E-state index in [1.165, 1.54) is 16.7 Å². The van der Waals surface area contributed by atoms with E-state index in [4.69, 9.17) is 14.5 Å². The summed E-state index contributed by atoms with van der Waals surface area (Å²) < 4.78 is 10.7. The molecular weight excluding hydrogens is 554 g/mol. The van der Waals surface area contributed by atoms with Gasteiger partial charge in [0.15, 0.2) is 16.7 Å². The summed E-state index contributed by atoms with van der Waals surface area (Å²) in [5.74, 6) is 0.908. The van der Waals surface area contributed by atoms with Crippen molar-refractivity contribution in [3.63, 3.8) is 0 Å². The molecular formula is C31H29N5O5S. The van der Waals surface area contributed by atoms with Crippen molar-refractivity contribution in [1.29, 1.82) is 0 Å². The molecule has 3 aromatic rings. The summed E-state index contributed by atoms with van der Waals surface area (Å²) in [5.41, 5.74) is 3.96. The fraction of sp³-hybridized carbons (Fsp3) is 0.258. The van der Waals surface area contributed by atoms with Crippen LogP contribution in [0.2, 0.25) is 0 Å². The average molecular weight is 584 g/mol. The van der Waals surface area contributed by atoms with Crippen molar-refractivity contribution in [1.82, 2.24) is 10.2 Å². The summed E-state index contributed by atoms with van der Waals surface area (Å²) in [5, 5.41) is 5.70. The van der Waals surface area contributed by atoms with Gasteiger partial charge in [-0.3, -0.25) is 19.4 Å². The van der Waals surface area contributed by atoms with Gasteiger partial charge in [-0.05, 0) is 60.9 Å². The van der Waals surface area contributed by atoms with E-state index in [2.05, 4.69) is 15.6 Å². The number of rotatable bonds is 8. The zero-order valence-electron chi connectivity index (χ0n) is 23.1. The summed E-state index contributed by atoms with van der Waals surface area (Å²) in [6.07, 6.45) is 0.401. The van der Waals surface area contributed by atoms with Crippen LogP contribution in [0.1, 0.15) is 36.5 Å². The van der Waals surface area contributed by atoms with Crippen LogP contribution >= 0.6 is 11.8 Å². The molecule has 11 heteroatoms. The van der Waals surface area contributed by atoms with E-state index in [-0.39, 0.29) is 37.5 Å². The molecule has 0 unspecified atom stereocenters. The molecule has 3 amide bonds. The molecule has 0 fully saturated rings. The second kappa shape index (κ2) is 11.7. The molecule has 3 aliphatic heterocycles. The molecule has 3 aromatic carbocycles. The van der Waals surface area contributed by atoms with E-state index in [0.717, 1.165) is 11.1 Å². The highest BCUT2D eigenvalue weighted by atomic mass is 32.2. The zero-order valence-corrected chi connectivity index (χ0v) is 23.9. The maximum atomic E-state index is 13.7. The normalized spacial score (nSPS) is 17.1. The third-order valence-electron chi connectivity index (χ3n) is 7.05. The lowest BCUT2D eigenvalue weighted by Gasteiger charge is -2.27. The largest absolute Gasteiger partial charge is 0.454 e. The Morgan fingerprint density at radius 2 is 1.90 bits per heavy atom. The molecule has 0 bridgehead atoms. The van der Waals surface area contributed by atoms with E-state index in [1.807, 2.05) is 74.5 Å². The highest BCUT2D eigenvalue weighted by Gasteiger charge is 2.43. The number of anilines is 1. The Morgan fingerprint density at radius 1 is 1.07 bits per heavy atom. The summed E-state index contributed by atoms with van der Waals surface area (Å²) >= 11 is 1.22.